The summed E-state index contributed by atoms with van der Waals surface area (Å²) in [7, 11) is 0. The van der Waals surface area contributed by atoms with Gasteiger partial charge in [-0.25, -0.2) is 0 Å². The van der Waals surface area contributed by atoms with E-state index in [-0.39, 0.29) is 31.5 Å². The molecular formula is C36H42N4O7. The van der Waals surface area contributed by atoms with Crippen molar-refractivity contribution in [3.05, 3.63) is 83.9 Å². The molecule has 0 aromatic heterocycles. The first kappa shape index (κ1) is 36.3. The normalized spacial score (nSPS) is 13.5. The van der Waals surface area contributed by atoms with Gasteiger partial charge in [0.05, 0.1) is 18.5 Å². The maximum Gasteiger partial charge on any atom is 0.289 e. The van der Waals surface area contributed by atoms with Gasteiger partial charge in [-0.05, 0) is 34.2 Å². The molecule has 0 aliphatic rings. The van der Waals surface area contributed by atoms with Crippen LogP contribution in [0.2, 0.25) is 0 Å². The number of hydrogen-bond acceptors (Lipinski definition) is 7. The van der Waals surface area contributed by atoms with E-state index in [1.54, 1.807) is 44.2 Å². The molecule has 0 saturated carbocycles. The summed E-state index contributed by atoms with van der Waals surface area (Å²) in [5.41, 5.74) is 12.5. The molecule has 0 aliphatic heterocycles. The number of fused-ring (bicyclic) bond motifs is 1. The Morgan fingerprint density at radius 3 is 2.00 bits per heavy atom. The summed E-state index contributed by atoms with van der Waals surface area (Å²) in [6.07, 6.45) is -0.270. The highest BCUT2D eigenvalue weighted by atomic mass is 16.2. The summed E-state index contributed by atoms with van der Waals surface area (Å²) < 4.78 is 0. The molecule has 4 atom stereocenters. The third-order valence-corrected chi connectivity index (χ3v) is 8.17. The van der Waals surface area contributed by atoms with Crippen LogP contribution in [0.15, 0.2) is 72.8 Å². The molecule has 47 heavy (non-hydrogen) atoms. The molecule has 4 unspecified atom stereocenters. The molecule has 0 fully saturated rings. The van der Waals surface area contributed by atoms with Gasteiger partial charge in [0.1, 0.15) is 5.78 Å². The zero-order chi connectivity index (χ0) is 34.5. The van der Waals surface area contributed by atoms with Gasteiger partial charge in [-0.1, -0.05) is 93.1 Å². The number of carbonyl (C=O) groups excluding carboxylic acids is 7. The number of amides is 4. The number of nitrogens with one attached hydrogen (secondary N) is 2. The highest BCUT2D eigenvalue weighted by Crippen LogP contribution is 2.20. The fourth-order valence-electron chi connectivity index (χ4n) is 5.32. The van der Waals surface area contributed by atoms with E-state index in [0.29, 0.717) is 6.42 Å². The zero-order valence-corrected chi connectivity index (χ0v) is 26.7. The van der Waals surface area contributed by atoms with Crippen molar-refractivity contribution in [1.29, 1.82) is 0 Å². The van der Waals surface area contributed by atoms with E-state index in [4.69, 9.17) is 11.5 Å². The molecule has 0 bridgehead atoms. The Kier molecular flexibility index (Phi) is 13.5. The van der Waals surface area contributed by atoms with Gasteiger partial charge in [0.15, 0.2) is 5.78 Å². The standard InChI is InChI=1S/C36H42N4O7/c1-3-22(2)32(40-35(46)28(20-31(37)43)19-29(41)17-23-9-5-4-6-10-23)33(44)36(47)39-21-30(42)18-27(34(38)45)16-24-13-14-25-11-7-8-12-26(25)15-24/h4-15,22,27-28,32H,3,16-21H2,1-2H3,(H2,37,43)(H2,38,45)(H,39,47)(H,40,46). The second-order valence-corrected chi connectivity index (χ2v) is 11.9. The summed E-state index contributed by atoms with van der Waals surface area (Å²) in [5.74, 6) is -7.56. The van der Waals surface area contributed by atoms with E-state index in [1.807, 2.05) is 42.5 Å². The van der Waals surface area contributed by atoms with Crippen LogP contribution in [-0.2, 0) is 46.4 Å². The molecule has 11 heteroatoms. The van der Waals surface area contributed by atoms with Crippen LogP contribution in [0.1, 0.15) is 50.7 Å². The molecular weight excluding hydrogens is 600 g/mol. The van der Waals surface area contributed by atoms with Crippen molar-refractivity contribution < 1.29 is 33.6 Å². The Bertz CT molecular complexity index is 1620. The third kappa shape index (κ3) is 11.3. The average molecular weight is 643 g/mol. The molecule has 0 aliphatic carbocycles. The zero-order valence-electron chi connectivity index (χ0n) is 26.7. The molecule has 0 radical (unpaired) electrons. The molecule has 0 spiro atoms. The summed E-state index contributed by atoms with van der Waals surface area (Å²) in [6, 6.07) is 21.0. The van der Waals surface area contributed by atoms with Crippen LogP contribution < -0.4 is 22.1 Å². The number of rotatable bonds is 19. The van der Waals surface area contributed by atoms with Crippen LogP contribution in [0, 0.1) is 17.8 Å². The summed E-state index contributed by atoms with van der Waals surface area (Å²) in [5, 5.41) is 6.85. The minimum absolute atomic E-state index is 0.0480. The van der Waals surface area contributed by atoms with Gasteiger partial charge in [0, 0.05) is 31.6 Å². The first-order chi connectivity index (χ1) is 22.4. The fraction of sp³-hybridized carbons (Fsp3) is 0.361. The monoisotopic (exact) mass is 642 g/mol. The Labute approximate surface area is 273 Å². The summed E-state index contributed by atoms with van der Waals surface area (Å²) >= 11 is 0. The van der Waals surface area contributed by atoms with Gasteiger partial charge in [-0.15, -0.1) is 0 Å². The molecule has 0 saturated heterocycles. The lowest BCUT2D eigenvalue weighted by Gasteiger charge is -2.25. The quantitative estimate of drug-likeness (QED) is 0.144. The predicted octanol–water partition coefficient (Wildman–Crippen LogP) is 2.35. The van der Waals surface area contributed by atoms with Crippen molar-refractivity contribution in [2.45, 2.75) is 58.4 Å². The van der Waals surface area contributed by atoms with Gasteiger partial charge < -0.3 is 22.1 Å². The Morgan fingerprint density at radius 2 is 1.36 bits per heavy atom. The van der Waals surface area contributed by atoms with Crippen LogP contribution in [0.25, 0.3) is 10.8 Å². The van der Waals surface area contributed by atoms with Crippen molar-refractivity contribution in [3.8, 4) is 0 Å². The lowest BCUT2D eigenvalue weighted by atomic mass is 9.91. The number of primary amides is 2. The van der Waals surface area contributed by atoms with Gasteiger partial charge in [0.25, 0.3) is 5.91 Å². The summed E-state index contributed by atoms with van der Waals surface area (Å²) in [4.78, 5) is 88.7. The number of carbonyl (C=O) groups is 7. The van der Waals surface area contributed by atoms with Crippen molar-refractivity contribution in [3.63, 3.8) is 0 Å². The van der Waals surface area contributed by atoms with Crippen molar-refractivity contribution >= 4 is 51.8 Å². The van der Waals surface area contributed by atoms with Crippen molar-refractivity contribution in [1.82, 2.24) is 10.6 Å². The van der Waals surface area contributed by atoms with E-state index < -0.39 is 72.0 Å². The third-order valence-electron chi connectivity index (χ3n) is 8.17. The molecule has 3 aromatic carbocycles. The minimum Gasteiger partial charge on any atom is -0.370 e. The van der Waals surface area contributed by atoms with Gasteiger partial charge in [-0.2, -0.15) is 0 Å². The Morgan fingerprint density at radius 1 is 0.723 bits per heavy atom. The molecule has 248 valence electrons. The van der Waals surface area contributed by atoms with Crippen molar-refractivity contribution in [2.24, 2.45) is 29.2 Å². The van der Waals surface area contributed by atoms with Crippen LogP contribution in [-0.4, -0.2) is 53.6 Å². The van der Waals surface area contributed by atoms with Crippen LogP contribution in [0.4, 0.5) is 0 Å². The first-order valence-electron chi connectivity index (χ1n) is 15.6. The predicted molar refractivity (Wildman–Crippen MR) is 176 cm³/mol. The topological polar surface area (TPSA) is 196 Å². The van der Waals surface area contributed by atoms with Crippen LogP contribution in [0.5, 0.6) is 0 Å². The second kappa shape index (κ2) is 17.5. The average Bonchev–Trinajstić information content (AvgIpc) is 3.04. The first-order valence-corrected chi connectivity index (χ1v) is 15.6. The second-order valence-electron chi connectivity index (χ2n) is 11.9. The highest BCUT2D eigenvalue weighted by Gasteiger charge is 2.34. The minimum atomic E-state index is -1.28. The lowest BCUT2D eigenvalue weighted by molar-refractivity contribution is -0.142. The number of nitrogens with two attached hydrogens (primary N) is 2. The molecule has 0 heterocycles. The van der Waals surface area contributed by atoms with E-state index >= 15 is 0 Å². The van der Waals surface area contributed by atoms with Crippen molar-refractivity contribution in [2.75, 3.05) is 6.54 Å². The summed E-state index contributed by atoms with van der Waals surface area (Å²) in [6.45, 7) is 2.91. The van der Waals surface area contributed by atoms with E-state index in [2.05, 4.69) is 10.6 Å². The smallest absolute Gasteiger partial charge is 0.289 e. The maximum absolute atomic E-state index is 13.2. The molecule has 3 rings (SSSR count). The SMILES string of the molecule is CCC(C)C(NC(=O)C(CC(N)=O)CC(=O)Cc1ccccc1)C(=O)C(=O)NCC(=O)CC(Cc1ccc2ccccc2c1)C(N)=O. The van der Waals surface area contributed by atoms with E-state index in [0.717, 1.165) is 21.9 Å². The van der Waals surface area contributed by atoms with Crippen LogP contribution in [0.3, 0.4) is 0 Å². The molecule has 6 N–H and O–H groups in total. The highest BCUT2D eigenvalue weighted by molar-refractivity contribution is 6.38. The number of hydrogen-bond donors (Lipinski definition) is 4. The van der Waals surface area contributed by atoms with Gasteiger partial charge in [-0.3, -0.25) is 33.6 Å². The lowest BCUT2D eigenvalue weighted by Crippen LogP contribution is -2.53. The van der Waals surface area contributed by atoms with E-state index in [1.165, 1.54) is 0 Å². The Balaban J connectivity index is 1.61. The molecule has 3 aromatic rings. The number of benzene rings is 3. The number of Topliss-reactive ketones (excluding diaryl/α,β-unsaturated/α-hetero) is 3. The fourth-order valence-corrected chi connectivity index (χ4v) is 5.32. The Hall–Kier alpha value is -5.19. The van der Waals surface area contributed by atoms with Gasteiger partial charge >= 0.3 is 0 Å². The van der Waals surface area contributed by atoms with Crippen LogP contribution >= 0.6 is 0 Å². The maximum atomic E-state index is 13.2. The van der Waals surface area contributed by atoms with E-state index in [9.17, 15) is 33.6 Å². The molecule has 4 amide bonds. The molecule has 11 nitrogen and oxygen atoms in total. The largest absolute Gasteiger partial charge is 0.370 e. The van der Waals surface area contributed by atoms with Gasteiger partial charge in [0.2, 0.25) is 23.5 Å². The number of ketones is 3.